The molecule has 0 aliphatic carbocycles. The number of hydrogen-bond donors (Lipinski definition) is 1. The van der Waals surface area contributed by atoms with Crippen LogP contribution in [0, 0.1) is 12.7 Å². The summed E-state index contributed by atoms with van der Waals surface area (Å²) in [6, 6.07) is 5.99. The third-order valence-corrected chi connectivity index (χ3v) is 2.86. The summed E-state index contributed by atoms with van der Waals surface area (Å²) in [6.45, 7) is 1.76. The first-order chi connectivity index (χ1) is 8.63. The number of methoxy groups -OCH3 is 1. The molecule has 18 heavy (non-hydrogen) atoms. The summed E-state index contributed by atoms with van der Waals surface area (Å²) in [4.78, 5) is 3.93. The third kappa shape index (κ3) is 2.33. The van der Waals surface area contributed by atoms with Gasteiger partial charge in [-0.2, -0.15) is 0 Å². The van der Waals surface area contributed by atoms with Gasteiger partial charge in [-0.3, -0.25) is 4.98 Å². The maximum Gasteiger partial charge on any atom is 0.143 e. The van der Waals surface area contributed by atoms with Gasteiger partial charge in [0.2, 0.25) is 0 Å². The lowest BCUT2D eigenvalue weighted by molar-refractivity contribution is 0.213. The van der Waals surface area contributed by atoms with E-state index in [1.165, 1.54) is 25.4 Å². The first-order valence-corrected chi connectivity index (χ1v) is 5.55. The molecule has 0 saturated heterocycles. The number of nitrogens with zero attached hydrogens (tertiary/aromatic N) is 1. The summed E-state index contributed by atoms with van der Waals surface area (Å²) in [5.74, 6) is 0.193. The minimum absolute atomic E-state index is 0.315. The molecule has 0 aliphatic rings. The second-order valence-corrected chi connectivity index (χ2v) is 4.02. The highest BCUT2D eigenvalue weighted by Gasteiger charge is 2.17. The molecule has 1 N–H and O–H groups in total. The summed E-state index contributed by atoms with van der Waals surface area (Å²) in [5, 5.41) is 10.3. The number of aromatic nitrogens is 1. The molecule has 4 heteroatoms. The van der Waals surface area contributed by atoms with Crippen molar-refractivity contribution in [2.75, 3.05) is 7.11 Å². The van der Waals surface area contributed by atoms with Crippen LogP contribution < -0.4 is 4.74 Å². The SMILES string of the molecule is COc1cnccc1C(O)c1ccc(F)cc1C. The van der Waals surface area contributed by atoms with Gasteiger partial charge in [0.15, 0.2) is 0 Å². The van der Waals surface area contributed by atoms with Crippen molar-refractivity contribution in [1.82, 2.24) is 4.98 Å². The third-order valence-electron chi connectivity index (χ3n) is 2.86. The average Bonchev–Trinajstić information content (AvgIpc) is 2.38. The predicted molar refractivity (Wildman–Crippen MR) is 66.0 cm³/mol. The molecule has 0 fully saturated rings. The van der Waals surface area contributed by atoms with Crippen LogP contribution in [0.15, 0.2) is 36.7 Å². The summed E-state index contributed by atoms with van der Waals surface area (Å²) in [6.07, 6.45) is 2.26. The number of hydrogen-bond acceptors (Lipinski definition) is 3. The van der Waals surface area contributed by atoms with Crippen LogP contribution in [0.5, 0.6) is 5.75 Å². The Hall–Kier alpha value is -1.94. The van der Waals surface area contributed by atoms with Crippen molar-refractivity contribution in [3.05, 3.63) is 59.2 Å². The summed E-state index contributed by atoms with van der Waals surface area (Å²) >= 11 is 0. The fraction of sp³-hybridized carbons (Fsp3) is 0.214. The molecule has 1 atom stereocenters. The van der Waals surface area contributed by atoms with E-state index in [1.807, 2.05) is 0 Å². The second kappa shape index (κ2) is 5.14. The molecule has 1 unspecified atom stereocenters. The van der Waals surface area contributed by atoms with Gasteiger partial charge in [0, 0.05) is 11.8 Å². The Morgan fingerprint density at radius 2 is 2.06 bits per heavy atom. The molecular weight excluding hydrogens is 233 g/mol. The first kappa shape index (κ1) is 12.5. The van der Waals surface area contributed by atoms with Crippen molar-refractivity contribution in [2.45, 2.75) is 13.0 Å². The Bertz CT molecular complexity index is 557. The van der Waals surface area contributed by atoms with Crippen LogP contribution in [0.1, 0.15) is 22.8 Å². The van der Waals surface area contributed by atoms with Crippen molar-refractivity contribution in [3.8, 4) is 5.75 Å². The van der Waals surface area contributed by atoms with Gasteiger partial charge in [-0.15, -0.1) is 0 Å². The summed E-state index contributed by atoms with van der Waals surface area (Å²) in [5.41, 5.74) is 1.96. The highest BCUT2D eigenvalue weighted by Crippen LogP contribution is 2.30. The Morgan fingerprint density at radius 3 is 2.72 bits per heavy atom. The molecule has 94 valence electrons. The number of ether oxygens (including phenoxy) is 1. The zero-order chi connectivity index (χ0) is 13.1. The van der Waals surface area contributed by atoms with Gasteiger partial charge in [-0.25, -0.2) is 4.39 Å². The monoisotopic (exact) mass is 247 g/mol. The topological polar surface area (TPSA) is 42.4 Å². The van der Waals surface area contributed by atoms with Gasteiger partial charge < -0.3 is 9.84 Å². The van der Waals surface area contributed by atoms with E-state index in [2.05, 4.69) is 4.98 Å². The molecule has 0 aliphatic heterocycles. The quantitative estimate of drug-likeness (QED) is 0.906. The van der Waals surface area contributed by atoms with E-state index in [0.717, 1.165) is 0 Å². The predicted octanol–water partition coefficient (Wildman–Crippen LogP) is 2.62. The van der Waals surface area contributed by atoms with Crippen molar-refractivity contribution in [2.24, 2.45) is 0 Å². The van der Waals surface area contributed by atoms with Gasteiger partial charge >= 0.3 is 0 Å². The Morgan fingerprint density at radius 1 is 1.28 bits per heavy atom. The molecule has 1 aromatic carbocycles. The molecule has 1 heterocycles. The average molecular weight is 247 g/mol. The number of rotatable bonds is 3. The lowest BCUT2D eigenvalue weighted by atomic mass is 9.97. The maximum atomic E-state index is 13.0. The van der Waals surface area contributed by atoms with Crippen molar-refractivity contribution in [1.29, 1.82) is 0 Å². The van der Waals surface area contributed by atoms with Gasteiger partial charge in [0.05, 0.1) is 13.3 Å². The molecule has 2 rings (SSSR count). The Labute approximate surface area is 105 Å². The molecule has 1 aromatic heterocycles. The van der Waals surface area contributed by atoms with Gasteiger partial charge in [0.25, 0.3) is 0 Å². The van der Waals surface area contributed by atoms with Crippen LogP contribution in [-0.4, -0.2) is 17.2 Å². The number of aliphatic hydroxyl groups is 1. The minimum Gasteiger partial charge on any atom is -0.495 e. The molecule has 2 aromatic rings. The van der Waals surface area contributed by atoms with Crippen LogP contribution in [0.4, 0.5) is 4.39 Å². The van der Waals surface area contributed by atoms with Gasteiger partial charge in [0.1, 0.15) is 17.7 Å². The van der Waals surface area contributed by atoms with Crippen molar-refractivity contribution in [3.63, 3.8) is 0 Å². The molecule has 0 spiro atoms. The fourth-order valence-electron chi connectivity index (χ4n) is 1.90. The van der Waals surface area contributed by atoms with Crippen LogP contribution in [0.3, 0.4) is 0 Å². The van der Waals surface area contributed by atoms with Crippen LogP contribution >= 0.6 is 0 Å². The maximum absolute atomic E-state index is 13.0. The van der Waals surface area contributed by atoms with Gasteiger partial charge in [-0.05, 0) is 36.2 Å². The van der Waals surface area contributed by atoms with E-state index in [-0.39, 0.29) is 5.82 Å². The number of aliphatic hydroxyl groups excluding tert-OH is 1. The fourth-order valence-corrected chi connectivity index (χ4v) is 1.90. The van der Waals surface area contributed by atoms with E-state index in [4.69, 9.17) is 4.74 Å². The van der Waals surface area contributed by atoms with Crippen LogP contribution in [0.2, 0.25) is 0 Å². The molecule has 0 radical (unpaired) electrons. The van der Waals surface area contributed by atoms with E-state index in [1.54, 1.807) is 25.3 Å². The number of aryl methyl sites for hydroxylation is 1. The molecule has 0 amide bonds. The first-order valence-electron chi connectivity index (χ1n) is 5.55. The minimum atomic E-state index is -0.858. The number of benzene rings is 1. The Balaban J connectivity index is 2.44. The van der Waals surface area contributed by atoms with Crippen LogP contribution in [-0.2, 0) is 0 Å². The highest BCUT2D eigenvalue weighted by atomic mass is 19.1. The van der Waals surface area contributed by atoms with E-state index >= 15 is 0 Å². The largest absolute Gasteiger partial charge is 0.495 e. The smallest absolute Gasteiger partial charge is 0.143 e. The molecule has 0 saturated carbocycles. The Kier molecular flexibility index (Phi) is 3.58. The zero-order valence-electron chi connectivity index (χ0n) is 10.2. The van der Waals surface area contributed by atoms with Crippen LogP contribution in [0.25, 0.3) is 0 Å². The van der Waals surface area contributed by atoms with Crippen molar-refractivity contribution < 1.29 is 14.2 Å². The summed E-state index contributed by atoms with van der Waals surface area (Å²) < 4.78 is 18.2. The van der Waals surface area contributed by atoms with Crippen molar-refractivity contribution >= 4 is 0 Å². The number of pyridine rings is 1. The molecule has 3 nitrogen and oxygen atoms in total. The molecule has 0 bridgehead atoms. The molecular formula is C14H14FNO2. The summed E-state index contributed by atoms with van der Waals surface area (Å²) in [7, 11) is 1.52. The highest BCUT2D eigenvalue weighted by molar-refractivity contribution is 5.40. The van der Waals surface area contributed by atoms with E-state index in [0.29, 0.717) is 22.4 Å². The van der Waals surface area contributed by atoms with Gasteiger partial charge in [-0.1, -0.05) is 6.07 Å². The lowest BCUT2D eigenvalue weighted by Crippen LogP contribution is -2.04. The second-order valence-electron chi connectivity index (χ2n) is 4.02. The standard InChI is InChI=1S/C14H14FNO2/c1-9-7-10(15)3-4-11(9)14(17)12-5-6-16-8-13(12)18-2/h3-8,14,17H,1-2H3. The lowest BCUT2D eigenvalue weighted by Gasteiger charge is -2.16. The number of halogens is 1. The van der Waals surface area contributed by atoms with E-state index in [9.17, 15) is 9.50 Å². The zero-order valence-corrected chi connectivity index (χ0v) is 10.2. The van der Waals surface area contributed by atoms with E-state index < -0.39 is 6.10 Å². The normalized spacial score (nSPS) is 12.2.